The Balaban J connectivity index is 2.10. The van der Waals surface area contributed by atoms with Crippen LogP contribution in [0.15, 0.2) is 40.2 Å². The van der Waals surface area contributed by atoms with Crippen molar-refractivity contribution >= 4 is 50.5 Å². The molecule has 0 saturated carbocycles. The van der Waals surface area contributed by atoms with Crippen LogP contribution in [0.1, 0.15) is 5.56 Å². The molecule has 1 aromatic carbocycles. The van der Waals surface area contributed by atoms with E-state index >= 15 is 0 Å². The predicted molar refractivity (Wildman–Crippen MR) is 93.2 cm³/mol. The highest BCUT2D eigenvalue weighted by atomic mass is 79.9. The van der Waals surface area contributed by atoms with Crippen molar-refractivity contribution in [2.24, 2.45) is 0 Å². The average molecular weight is 400 g/mol. The third-order valence-electron chi connectivity index (χ3n) is 2.95. The molecule has 0 aliphatic rings. The van der Waals surface area contributed by atoms with E-state index in [1.165, 1.54) is 16.9 Å². The first kappa shape index (κ1) is 15.0. The lowest BCUT2D eigenvalue weighted by molar-refractivity contribution is 1.19. The van der Waals surface area contributed by atoms with Gasteiger partial charge in [0.15, 0.2) is 5.82 Å². The summed E-state index contributed by atoms with van der Waals surface area (Å²) in [4.78, 5) is 9.67. The van der Waals surface area contributed by atoms with Gasteiger partial charge in [-0.1, -0.05) is 53.0 Å². The Labute approximate surface area is 144 Å². The molecule has 0 saturated heterocycles. The second-order valence-corrected chi connectivity index (χ2v) is 7.65. The van der Waals surface area contributed by atoms with Gasteiger partial charge in [0.2, 0.25) is 0 Å². The van der Waals surface area contributed by atoms with Crippen LogP contribution < -0.4 is 0 Å². The molecule has 0 unspecified atom stereocenters. The summed E-state index contributed by atoms with van der Waals surface area (Å²) in [6, 6.07) is 11.8. The summed E-state index contributed by atoms with van der Waals surface area (Å²) in [5.41, 5.74) is 2.75. The standard InChI is InChI=1S/C15H9BrCl2N2S/c1-8-2-4-9(5-3-8)12-13(17)19-15(20-14(12)18)10-6-7-11(16)21-10/h2-7H,1H3. The molecular weight excluding hydrogens is 391 g/mol. The number of aryl methyl sites for hydroxylation is 1. The molecule has 21 heavy (non-hydrogen) atoms. The van der Waals surface area contributed by atoms with Gasteiger partial charge in [0.1, 0.15) is 10.3 Å². The van der Waals surface area contributed by atoms with Crippen molar-refractivity contribution in [1.82, 2.24) is 9.97 Å². The molecule has 0 bridgehead atoms. The third kappa shape index (κ3) is 3.14. The van der Waals surface area contributed by atoms with Gasteiger partial charge in [0.25, 0.3) is 0 Å². The van der Waals surface area contributed by atoms with E-state index in [9.17, 15) is 0 Å². The quantitative estimate of drug-likeness (QED) is 0.476. The van der Waals surface area contributed by atoms with Crippen LogP contribution >= 0.6 is 50.5 Å². The molecule has 0 aliphatic heterocycles. The summed E-state index contributed by atoms with van der Waals surface area (Å²) in [7, 11) is 0. The van der Waals surface area contributed by atoms with E-state index in [1.807, 2.05) is 43.3 Å². The molecule has 0 radical (unpaired) electrons. The number of benzene rings is 1. The van der Waals surface area contributed by atoms with Gasteiger partial charge in [-0.2, -0.15) is 0 Å². The van der Waals surface area contributed by atoms with E-state index in [0.29, 0.717) is 21.7 Å². The fourth-order valence-electron chi connectivity index (χ4n) is 1.91. The molecule has 106 valence electrons. The van der Waals surface area contributed by atoms with E-state index in [2.05, 4.69) is 25.9 Å². The summed E-state index contributed by atoms with van der Waals surface area (Å²) in [5, 5.41) is 0.719. The fourth-order valence-corrected chi connectivity index (χ4v) is 3.84. The number of hydrogen-bond acceptors (Lipinski definition) is 3. The van der Waals surface area contributed by atoms with Crippen LogP contribution in [0.4, 0.5) is 0 Å². The van der Waals surface area contributed by atoms with Gasteiger partial charge in [-0.15, -0.1) is 11.3 Å². The van der Waals surface area contributed by atoms with Crippen molar-refractivity contribution in [3.05, 3.63) is 56.1 Å². The van der Waals surface area contributed by atoms with Crippen LogP contribution in [0.2, 0.25) is 10.3 Å². The van der Waals surface area contributed by atoms with Gasteiger partial charge in [-0.3, -0.25) is 0 Å². The van der Waals surface area contributed by atoms with Crippen LogP contribution in [-0.4, -0.2) is 9.97 Å². The zero-order valence-electron chi connectivity index (χ0n) is 10.9. The molecule has 0 atom stereocenters. The van der Waals surface area contributed by atoms with Crippen molar-refractivity contribution in [1.29, 1.82) is 0 Å². The van der Waals surface area contributed by atoms with E-state index in [4.69, 9.17) is 23.2 Å². The van der Waals surface area contributed by atoms with Crippen LogP contribution in [-0.2, 0) is 0 Å². The lowest BCUT2D eigenvalue weighted by Crippen LogP contribution is -1.93. The molecule has 2 nitrogen and oxygen atoms in total. The first-order valence-corrected chi connectivity index (χ1v) is 8.47. The summed E-state index contributed by atoms with van der Waals surface area (Å²) < 4.78 is 1.01. The normalized spacial score (nSPS) is 10.9. The van der Waals surface area contributed by atoms with Crippen molar-refractivity contribution in [2.75, 3.05) is 0 Å². The van der Waals surface area contributed by atoms with Gasteiger partial charge in [-0.05, 0) is 40.5 Å². The number of hydrogen-bond donors (Lipinski definition) is 0. The van der Waals surface area contributed by atoms with E-state index in [0.717, 1.165) is 14.2 Å². The monoisotopic (exact) mass is 398 g/mol. The average Bonchev–Trinajstić information content (AvgIpc) is 2.87. The fraction of sp³-hybridized carbons (Fsp3) is 0.0667. The summed E-state index contributed by atoms with van der Waals surface area (Å²) in [5.74, 6) is 0.538. The largest absolute Gasteiger partial charge is 0.215 e. The zero-order chi connectivity index (χ0) is 15.0. The molecular formula is C15H9BrCl2N2S. The van der Waals surface area contributed by atoms with E-state index in [-0.39, 0.29) is 0 Å². The van der Waals surface area contributed by atoms with Crippen LogP contribution in [0.25, 0.3) is 21.8 Å². The highest BCUT2D eigenvalue weighted by molar-refractivity contribution is 9.11. The van der Waals surface area contributed by atoms with E-state index in [1.54, 1.807) is 0 Å². The number of thiophene rings is 1. The van der Waals surface area contributed by atoms with Gasteiger partial charge >= 0.3 is 0 Å². The number of halogens is 3. The second kappa shape index (κ2) is 6.05. The Morgan fingerprint density at radius 1 is 0.952 bits per heavy atom. The molecule has 2 heterocycles. The van der Waals surface area contributed by atoms with Crippen LogP contribution in [0, 0.1) is 6.92 Å². The Morgan fingerprint density at radius 3 is 2.10 bits per heavy atom. The van der Waals surface area contributed by atoms with Crippen molar-refractivity contribution in [2.45, 2.75) is 6.92 Å². The SMILES string of the molecule is Cc1ccc(-c2c(Cl)nc(-c3ccc(Br)s3)nc2Cl)cc1. The first-order valence-electron chi connectivity index (χ1n) is 6.10. The molecule has 0 spiro atoms. The minimum absolute atomic E-state index is 0.360. The molecule has 0 amide bonds. The minimum Gasteiger partial charge on any atom is -0.215 e. The Hall–Kier alpha value is -0.940. The van der Waals surface area contributed by atoms with E-state index < -0.39 is 0 Å². The number of rotatable bonds is 2. The van der Waals surface area contributed by atoms with Gasteiger partial charge in [0.05, 0.1) is 14.2 Å². The van der Waals surface area contributed by atoms with Gasteiger partial charge < -0.3 is 0 Å². The maximum Gasteiger partial charge on any atom is 0.172 e. The number of nitrogens with zero attached hydrogens (tertiary/aromatic N) is 2. The van der Waals surface area contributed by atoms with Crippen molar-refractivity contribution in [3.63, 3.8) is 0 Å². The summed E-state index contributed by atoms with van der Waals surface area (Å²) in [6.07, 6.45) is 0. The minimum atomic E-state index is 0.360. The molecule has 0 aliphatic carbocycles. The molecule has 0 fully saturated rings. The van der Waals surface area contributed by atoms with Crippen LogP contribution in [0.5, 0.6) is 0 Å². The summed E-state index contributed by atoms with van der Waals surface area (Å²) >= 11 is 17.6. The highest BCUT2D eigenvalue weighted by Crippen LogP contribution is 2.36. The van der Waals surface area contributed by atoms with Gasteiger partial charge in [-0.25, -0.2) is 9.97 Å². The molecule has 3 rings (SSSR count). The Bertz CT molecular complexity index is 777. The summed E-state index contributed by atoms with van der Waals surface area (Å²) in [6.45, 7) is 2.03. The zero-order valence-corrected chi connectivity index (χ0v) is 14.8. The Kier molecular flexibility index (Phi) is 4.31. The third-order valence-corrected chi connectivity index (χ3v) is 5.12. The lowest BCUT2D eigenvalue weighted by atomic mass is 10.1. The number of aromatic nitrogens is 2. The smallest absolute Gasteiger partial charge is 0.172 e. The maximum absolute atomic E-state index is 6.32. The molecule has 6 heteroatoms. The molecule has 3 aromatic rings. The first-order chi connectivity index (χ1) is 10.0. The van der Waals surface area contributed by atoms with Crippen LogP contribution in [0.3, 0.4) is 0 Å². The highest BCUT2D eigenvalue weighted by Gasteiger charge is 2.15. The topological polar surface area (TPSA) is 25.8 Å². The second-order valence-electron chi connectivity index (χ2n) is 4.47. The molecule has 2 aromatic heterocycles. The predicted octanol–water partition coefficient (Wildman–Crippen LogP) is 6.25. The van der Waals surface area contributed by atoms with Crippen molar-refractivity contribution in [3.8, 4) is 21.8 Å². The Morgan fingerprint density at radius 2 is 1.57 bits per heavy atom. The maximum atomic E-state index is 6.32. The lowest BCUT2D eigenvalue weighted by Gasteiger charge is -2.08. The van der Waals surface area contributed by atoms with Gasteiger partial charge in [0, 0.05) is 0 Å². The van der Waals surface area contributed by atoms with Crippen molar-refractivity contribution < 1.29 is 0 Å². The molecule has 0 N–H and O–H groups in total.